The number of hydrogen-bond acceptors (Lipinski definition) is 2. The normalized spacial score (nSPS) is 10.4. The number of rotatable bonds is 3. The number of benzene rings is 2. The summed E-state index contributed by atoms with van der Waals surface area (Å²) in [6.07, 6.45) is 0. The molecule has 0 bridgehead atoms. The molecule has 0 fully saturated rings. The number of nitrogens with one attached hydrogen (secondary N) is 1. The fourth-order valence-electron chi connectivity index (χ4n) is 1.56. The van der Waals surface area contributed by atoms with E-state index >= 15 is 0 Å². The Labute approximate surface area is 114 Å². The van der Waals surface area contributed by atoms with E-state index in [1.807, 2.05) is 0 Å². The van der Waals surface area contributed by atoms with Gasteiger partial charge in [0.05, 0.1) is 5.02 Å². The van der Waals surface area contributed by atoms with Gasteiger partial charge < -0.3 is 10.4 Å². The SMILES string of the molecule is Oc1c(Cl)cccc1CNc1cc(F)cc(Cl)c1. The molecule has 2 aromatic rings. The smallest absolute Gasteiger partial charge is 0.139 e. The first-order valence-corrected chi connectivity index (χ1v) is 5.98. The van der Waals surface area contributed by atoms with Gasteiger partial charge in [-0.05, 0) is 24.3 Å². The molecular weight excluding hydrogens is 276 g/mol. The summed E-state index contributed by atoms with van der Waals surface area (Å²) >= 11 is 11.5. The number of halogens is 3. The van der Waals surface area contributed by atoms with Crippen LogP contribution in [0.5, 0.6) is 5.75 Å². The second-order valence-corrected chi connectivity index (χ2v) is 4.60. The standard InChI is InChI=1S/C13H10Cl2FNO/c14-9-4-10(16)6-11(5-9)17-7-8-2-1-3-12(15)13(8)18/h1-6,17-18H,7H2. The molecule has 2 nitrogen and oxygen atoms in total. The van der Waals surface area contributed by atoms with Gasteiger partial charge in [-0.1, -0.05) is 35.3 Å². The molecule has 94 valence electrons. The van der Waals surface area contributed by atoms with Crippen LogP contribution in [-0.2, 0) is 6.54 Å². The highest BCUT2D eigenvalue weighted by molar-refractivity contribution is 6.32. The lowest BCUT2D eigenvalue weighted by Crippen LogP contribution is -2.00. The molecule has 2 N–H and O–H groups in total. The predicted octanol–water partition coefficient (Wildman–Crippen LogP) is 4.45. The molecule has 0 atom stereocenters. The van der Waals surface area contributed by atoms with Crippen molar-refractivity contribution < 1.29 is 9.50 Å². The van der Waals surface area contributed by atoms with Crippen LogP contribution < -0.4 is 5.32 Å². The van der Waals surface area contributed by atoms with Crippen LogP contribution >= 0.6 is 23.2 Å². The fourth-order valence-corrected chi connectivity index (χ4v) is 1.97. The van der Waals surface area contributed by atoms with Crippen LogP contribution in [0.25, 0.3) is 0 Å². The molecule has 5 heteroatoms. The van der Waals surface area contributed by atoms with Crippen molar-refractivity contribution in [2.45, 2.75) is 6.54 Å². The third-order valence-electron chi connectivity index (χ3n) is 2.42. The Balaban J connectivity index is 2.14. The summed E-state index contributed by atoms with van der Waals surface area (Å²) < 4.78 is 13.1. The van der Waals surface area contributed by atoms with Crippen LogP contribution in [0.4, 0.5) is 10.1 Å². The van der Waals surface area contributed by atoms with Crippen molar-refractivity contribution >= 4 is 28.9 Å². The van der Waals surface area contributed by atoms with Crippen molar-refractivity contribution in [3.8, 4) is 5.75 Å². The third kappa shape index (κ3) is 3.06. The minimum absolute atomic E-state index is 0.0224. The monoisotopic (exact) mass is 285 g/mol. The predicted molar refractivity (Wildman–Crippen MR) is 71.9 cm³/mol. The van der Waals surface area contributed by atoms with Gasteiger partial charge >= 0.3 is 0 Å². The van der Waals surface area contributed by atoms with E-state index in [1.165, 1.54) is 12.1 Å². The number of hydrogen-bond donors (Lipinski definition) is 2. The molecule has 0 aromatic heterocycles. The Kier molecular flexibility index (Phi) is 3.94. The summed E-state index contributed by atoms with van der Waals surface area (Å²) in [4.78, 5) is 0. The second-order valence-electron chi connectivity index (χ2n) is 3.76. The van der Waals surface area contributed by atoms with E-state index in [0.29, 0.717) is 22.8 Å². The van der Waals surface area contributed by atoms with Gasteiger partial charge in [-0.3, -0.25) is 0 Å². The number of para-hydroxylation sites is 1. The Morgan fingerprint density at radius 1 is 1.17 bits per heavy atom. The molecule has 18 heavy (non-hydrogen) atoms. The van der Waals surface area contributed by atoms with E-state index in [0.717, 1.165) is 0 Å². The molecule has 0 radical (unpaired) electrons. The molecule has 2 rings (SSSR count). The molecule has 0 aliphatic rings. The highest BCUT2D eigenvalue weighted by atomic mass is 35.5. The number of anilines is 1. The van der Waals surface area contributed by atoms with Crippen molar-refractivity contribution in [1.29, 1.82) is 0 Å². The van der Waals surface area contributed by atoms with E-state index < -0.39 is 5.82 Å². The van der Waals surface area contributed by atoms with Gasteiger partial charge in [0.1, 0.15) is 11.6 Å². The van der Waals surface area contributed by atoms with Gasteiger partial charge in [-0.15, -0.1) is 0 Å². The van der Waals surface area contributed by atoms with E-state index in [9.17, 15) is 9.50 Å². The lowest BCUT2D eigenvalue weighted by Gasteiger charge is -2.09. The summed E-state index contributed by atoms with van der Waals surface area (Å²) in [6, 6.07) is 9.22. The van der Waals surface area contributed by atoms with Crippen molar-refractivity contribution in [3.05, 3.63) is 57.8 Å². The van der Waals surface area contributed by atoms with Crippen LogP contribution in [0.15, 0.2) is 36.4 Å². The van der Waals surface area contributed by atoms with E-state index in [2.05, 4.69) is 5.32 Å². The van der Waals surface area contributed by atoms with Crippen LogP contribution in [0.1, 0.15) is 5.56 Å². The molecule has 0 aliphatic carbocycles. The number of phenols is 1. The molecule has 0 unspecified atom stereocenters. The Morgan fingerprint density at radius 3 is 2.67 bits per heavy atom. The number of aromatic hydroxyl groups is 1. The average Bonchev–Trinajstić information content (AvgIpc) is 2.30. The molecule has 0 spiro atoms. The Bertz CT molecular complexity index is 555. The largest absolute Gasteiger partial charge is 0.506 e. The quantitative estimate of drug-likeness (QED) is 0.873. The van der Waals surface area contributed by atoms with Gasteiger partial charge in [0.25, 0.3) is 0 Å². The van der Waals surface area contributed by atoms with Crippen LogP contribution in [0.2, 0.25) is 10.0 Å². The fraction of sp³-hybridized carbons (Fsp3) is 0.0769. The van der Waals surface area contributed by atoms with Gasteiger partial charge in [0, 0.05) is 22.8 Å². The molecular formula is C13H10Cl2FNO. The molecule has 0 saturated heterocycles. The zero-order valence-electron chi connectivity index (χ0n) is 9.25. The van der Waals surface area contributed by atoms with E-state index in [-0.39, 0.29) is 10.8 Å². The van der Waals surface area contributed by atoms with Crippen LogP contribution in [0, 0.1) is 5.82 Å². The first-order valence-electron chi connectivity index (χ1n) is 5.22. The summed E-state index contributed by atoms with van der Waals surface area (Å²) in [5.41, 5.74) is 1.17. The summed E-state index contributed by atoms with van der Waals surface area (Å²) in [5, 5.41) is 13.3. The molecule has 0 saturated carbocycles. The van der Waals surface area contributed by atoms with Crippen molar-refractivity contribution in [1.82, 2.24) is 0 Å². The topological polar surface area (TPSA) is 32.3 Å². The third-order valence-corrected chi connectivity index (χ3v) is 2.94. The second kappa shape index (κ2) is 5.46. The van der Waals surface area contributed by atoms with Crippen LogP contribution in [-0.4, -0.2) is 5.11 Å². The lowest BCUT2D eigenvalue weighted by atomic mass is 10.2. The minimum Gasteiger partial charge on any atom is -0.506 e. The van der Waals surface area contributed by atoms with Gasteiger partial charge in [-0.25, -0.2) is 4.39 Å². The lowest BCUT2D eigenvalue weighted by molar-refractivity contribution is 0.469. The highest BCUT2D eigenvalue weighted by Crippen LogP contribution is 2.27. The first-order chi connectivity index (χ1) is 8.56. The minimum atomic E-state index is -0.416. The Morgan fingerprint density at radius 2 is 1.94 bits per heavy atom. The molecule has 0 amide bonds. The summed E-state index contributed by atoms with van der Waals surface area (Å²) in [7, 11) is 0. The van der Waals surface area contributed by atoms with Gasteiger partial charge in [-0.2, -0.15) is 0 Å². The molecule has 0 heterocycles. The number of phenolic OH excluding ortho intramolecular Hbond substituents is 1. The first kappa shape index (κ1) is 13.0. The van der Waals surface area contributed by atoms with Crippen LogP contribution in [0.3, 0.4) is 0 Å². The maximum absolute atomic E-state index is 13.1. The molecule has 0 aliphatic heterocycles. The van der Waals surface area contributed by atoms with Crippen molar-refractivity contribution in [2.75, 3.05) is 5.32 Å². The van der Waals surface area contributed by atoms with Crippen molar-refractivity contribution in [2.24, 2.45) is 0 Å². The average molecular weight is 286 g/mol. The maximum atomic E-state index is 13.1. The van der Waals surface area contributed by atoms with E-state index in [1.54, 1.807) is 24.3 Å². The van der Waals surface area contributed by atoms with E-state index in [4.69, 9.17) is 23.2 Å². The zero-order chi connectivity index (χ0) is 13.1. The zero-order valence-corrected chi connectivity index (χ0v) is 10.8. The van der Waals surface area contributed by atoms with Gasteiger partial charge in [0.15, 0.2) is 0 Å². The highest BCUT2D eigenvalue weighted by Gasteiger charge is 2.05. The summed E-state index contributed by atoms with van der Waals surface area (Å²) in [6.45, 7) is 0.326. The Hall–Kier alpha value is -1.45. The van der Waals surface area contributed by atoms with Gasteiger partial charge in [0.2, 0.25) is 0 Å². The summed E-state index contributed by atoms with van der Waals surface area (Å²) in [5.74, 6) is -0.394. The maximum Gasteiger partial charge on any atom is 0.139 e. The van der Waals surface area contributed by atoms with Crippen molar-refractivity contribution in [3.63, 3.8) is 0 Å². The molecule has 2 aromatic carbocycles.